The van der Waals surface area contributed by atoms with Gasteiger partial charge in [-0.3, -0.25) is 4.79 Å². The van der Waals surface area contributed by atoms with Gasteiger partial charge in [0.25, 0.3) is 0 Å². The Morgan fingerprint density at radius 3 is 2.65 bits per heavy atom. The SMILES string of the molecule is C=CCN(C)S(=O)(=O)c1ccc(NCc2csc(CC(=O)NC)n2)cc1. The zero-order valence-electron chi connectivity index (χ0n) is 14.7. The second-order valence-electron chi connectivity index (χ2n) is 5.53. The lowest BCUT2D eigenvalue weighted by molar-refractivity contribution is -0.119. The molecule has 1 aromatic carbocycles. The normalized spacial score (nSPS) is 11.3. The van der Waals surface area contributed by atoms with Crippen molar-refractivity contribution in [1.29, 1.82) is 0 Å². The Hall–Kier alpha value is -2.23. The Morgan fingerprint density at radius 1 is 1.35 bits per heavy atom. The van der Waals surface area contributed by atoms with Crippen LogP contribution in [0.4, 0.5) is 5.69 Å². The molecule has 1 heterocycles. The van der Waals surface area contributed by atoms with Crippen LogP contribution in [-0.4, -0.2) is 44.3 Å². The maximum absolute atomic E-state index is 12.3. The van der Waals surface area contributed by atoms with Crippen molar-refractivity contribution >= 4 is 33.0 Å². The lowest BCUT2D eigenvalue weighted by Crippen LogP contribution is -2.26. The van der Waals surface area contributed by atoms with Crippen molar-refractivity contribution in [3.05, 3.63) is 53.0 Å². The van der Waals surface area contributed by atoms with E-state index in [1.54, 1.807) is 37.4 Å². The van der Waals surface area contributed by atoms with Crippen LogP contribution >= 0.6 is 11.3 Å². The summed E-state index contributed by atoms with van der Waals surface area (Å²) in [5.74, 6) is -0.0721. The third kappa shape index (κ3) is 5.13. The van der Waals surface area contributed by atoms with Gasteiger partial charge in [-0.2, -0.15) is 4.31 Å². The van der Waals surface area contributed by atoms with Gasteiger partial charge in [0.1, 0.15) is 5.01 Å². The van der Waals surface area contributed by atoms with Gasteiger partial charge in [-0.25, -0.2) is 13.4 Å². The number of hydrogen-bond donors (Lipinski definition) is 2. The fourth-order valence-corrected chi connectivity index (χ4v) is 4.07. The largest absolute Gasteiger partial charge is 0.379 e. The van der Waals surface area contributed by atoms with E-state index in [-0.39, 0.29) is 23.8 Å². The zero-order chi connectivity index (χ0) is 19.2. The fraction of sp³-hybridized carbons (Fsp3) is 0.294. The first-order valence-corrected chi connectivity index (χ1v) is 10.2. The van der Waals surface area contributed by atoms with Crippen LogP contribution in [0.1, 0.15) is 10.7 Å². The quantitative estimate of drug-likeness (QED) is 0.634. The van der Waals surface area contributed by atoms with E-state index >= 15 is 0 Å². The summed E-state index contributed by atoms with van der Waals surface area (Å²) in [6.45, 7) is 4.30. The molecule has 0 aliphatic rings. The van der Waals surface area contributed by atoms with E-state index in [0.29, 0.717) is 6.54 Å². The van der Waals surface area contributed by atoms with E-state index in [0.717, 1.165) is 16.4 Å². The summed E-state index contributed by atoms with van der Waals surface area (Å²) in [4.78, 5) is 16.0. The Morgan fingerprint density at radius 2 is 2.04 bits per heavy atom. The summed E-state index contributed by atoms with van der Waals surface area (Å²) in [6.07, 6.45) is 1.81. The van der Waals surface area contributed by atoms with E-state index < -0.39 is 10.0 Å². The van der Waals surface area contributed by atoms with Gasteiger partial charge in [0.2, 0.25) is 15.9 Å². The van der Waals surface area contributed by atoms with Crippen molar-refractivity contribution in [3.63, 3.8) is 0 Å². The summed E-state index contributed by atoms with van der Waals surface area (Å²) in [6, 6.07) is 6.56. The second kappa shape index (κ2) is 8.93. The van der Waals surface area contributed by atoms with E-state index in [9.17, 15) is 13.2 Å². The Labute approximate surface area is 157 Å². The average Bonchev–Trinajstić information content (AvgIpc) is 3.07. The van der Waals surface area contributed by atoms with Gasteiger partial charge in [-0.15, -0.1) is 17.9 Å². The van der Waals surface area contributed by atoms with Gasteiger partial charge in [0, 0.05) is 31.7 Å². The lowest BCUT2D eigenvalue weighted by atomic mass is 10.3. The van der Waals surface area contributed by atoms with Crippen molar-refractivity contribution < 1.29 is 13.2 Å². The molecular weight excluding hydrogens is 372 g/mol. The summed E-state index contributed by atoms with van der Waals surface area (Å²) in [5, 5.41) is 8.42. The first kappa shape index (κ1) is 20.1. The van der Waals surface area contributed by atoms with E-state index in [4.69, 9.17) is 0 Å². The predicted octanol–water partition coefficient (Wildman–Crippen LogP) is 1.85. The van der Waals surface area contributed by atoms with Gasteiger partial charge in [0.05, 0.1) is 23.6 Å². The average molecular weight is 395 g/mol. The smallest absolute Gasteiger partial charge is 0.243 e. The number of rotatable bonds is 9. The molecule has 140 valence electrons. The lowest BCUT2D eigenvalue weighted by Gasteiger charge is -2.15. The van der Waals surface area contributed by atoms with E-state index in [1.165, 1.54) is 22.7 Å². The molecule has 2 aromatic rings. The Bertz CT molecular complexity index is 860. The number of carbonyl (C=O) groups excluding carboxylic acids is 1. The summed E-state index contributed by atoms with van der Waals surface area (Å²) >= 11 is 1.44. The van der Waals surface area contributed by atoms with Crippen LogP contribution < -0.4 is 10.6 Å². The number of aromatic nitrogens is 1. The number of benzene rings is 1. The number of carbonyl (C=O) groups is 1. The van der Waals surface area contributed by atoms with Crippen LogP contribution in [0.5, 0.6) is 0 Å². The summed E-state index contributed by atoms with van der Waals surface area (Å²) in [7, 11) is -0.400. The van der Waals surface area contributed by atoms with Crippen molar-refractivity contribution in [2.75, 3.05) is 26.0 Å². The van der Waals surface area contributed by atoms with Gasteiger partial charge in [0.15, 0.2) is 0 Å². The highest BCUT2D eigenvalue weighted by molar-refractivity contribution is 7.89. The number of likely N-dealkylation sites (N-methyl/N-ethyl adjacent to an activating group) is 2. The maximum Gasteiger partial charge on any atom is 0.243 e. The van der Waals surface area contributed by atoms with Crippen LogP contribution in [0.25, 0.3) is 0 Å². The van der Waals surface area contributed by atoms with Crippen molar-refractivity contribution in [3.8, 4) is 0 Å². The van der Waals surface area contributed by atoms with Gasteiger partial charge >= 0.3 is 0 Å². The van der Waals surface area contributed by atoms with Gasteiger partial charge in [-0.05, 0) is 24.3 Å². The number of nitrogens with zero attached hydrogens (tertiary/aromatic N) is 2. The van der Waals surface area contributed by atoms with Crippen molar-refractivity contribution in [1.82, 2.24) is 14.6 Å². The molecule has 0 aliphatic carbocycles. The molecule has 26 heavy (non-hydrogen) atoms. The number of nitrogens with one attached hydrogen (secondary N) is 2. The monoisotopic (exact) mass is 394 g/mol. The molecule has 0 atom stereocenters. The standard InChI is InChI=1S/C17H22N4O3S2/c1-4-9-21(3)26(23,24)15-7-5-13(6-8-15)19-11-14-12-25-17(20-14)10-16(22)18-2/h4-8,12,19H,1,9-11H2,2-3H3,(H,18,22). The summed E-state index contributed by atoms with van der Waals surface area (Å²) in [5.41, 5.74) is 1.62. The van der Waals surface area contributed by atoms with E-state index in [1.807, 2.05) is 5.38 Å². The third-order valence-corrected chi connectivity index (χ3v) is 6.35. The molecule has 0 aliphatic heterocycles. The molecule has 9 heteroatoms. The molecule has 0 spiro atoms. The fourth-order valence-electron chi connectivity index (χ4n) is 2.13. The Kier molecular flexibility index (Phi) is 6.90. The number of anilines is 1. The number of amides is 1. The highest BCUT2D eigenvalue weighted by Gasteiger charge is 2.19. The van der Waals surface area contributed by atoms with E-state index in [2.05, 4.69) is 22.2 Å². The minimum Gasteiger partial charge on any atom is -0.379 e. The van der Waals surface area contributed by atoms with Gasteiger partial charge in [-0.1, -0.05) is 6.08 Å². The second-order valence-corrected chi connectivity index (χ2v) is 8.52. The van der Waals surface area contributed by atoms with Crippen LogP contribution in [0.15, 0.2) is 47.2 Å². The highest BCUT2D eigenvalue weighted by Crippen LogP contribution is 2.18. The van der Waals surface area contributed by atoms with Crippen molar-refractivity contribution in [2.45, 2.75) is 17.9 Å². The maximum atomic E-state index is 12.3. The molecule has 7 nitrogen and oxygen atoms in total. The van der Waals surface area contributed by atoms with Crippen molar-refractivity contribution in [2.24, 2.45) is 0 Å². The van der Waals surface area contributed by atoms with Crippen LogP contribution in [-0.2, 0) is 27.8 Å². The van der Waals surface area contributed by atoms with Crippen LogP contribution in [0.2, 0.25) is 0 Å². The Balaban J connectivity index is 1.97. The molecule has 1 aromatic heterocycles. The minimum absolute atomic E-state index is 0.0721. The predicted molar refractivity (Wildman–Crippen MR) is 104 cm³/mol. The minimum atomic E-state index is -3.51. The van der Waals surface area contributed by atoms with Gasteiger partial charge < -0.3 is 10.6 Å². The number of sulfonamides is 1. The molecule has 2 N–H and O–H groups in total. The third-order valence-electron chi connectivity index (χ3n) is 3.61. The molecule has 2 rings (SSSR count). The molecule has 0 fully saturated rings. The summed E-state index contributed by atoms with van der Waals surface area (Å²) < 4.78 is 25.9. The molecule has 0 saturated heterocycles. The number of thiazole rings is 1. The molecule has 0 radical (unpaired) electrons. The van der Waals surface area contributed by atoms with Crippen LogP contribution in [0.3, 0.4) is 0 Å². The molecule has 0 saturated carbocycles. The highest BCUT2D eigenvalue weighted by atomic mass is 32.2. The molecule has 1 amide bonds. The number of hydrogen-bond acceptors (Lipinski definition) is 6. The first-order chi connectivity index (χ1) is 12.4. The first-order valence-electron chi connectivity index (χ1n) is 7.92. The molecule has 0 bridgehead atoms. The molecule has 0 unspecified atom stereocenters. The topological polar surface area (TPSA) is 91.4 Å². The van der Waals surface area contributed by atoms with Crippen LogP contribution in [0, 0.1) is 0 Å². The molecular formula is C17H22N4O3S2. The zero-order valence-corrected chi connectivity index (χ0v) is 16.4.